The molecule has 2 aliphatic rings. The first-order valence-electron chi connectivity index (χ1n) is 10.7. The van der Waals surface area contributed by atoms with E-state index in [4.69, 9.17) is 4.98 Å². The van der Waals surface area contributed by atoms with Crippen molar-refractivity contribution in [3.63, 3.8) is 0 Å². The predicted octanol–water partition coefficient (Wildman–Crippen LogP) is 3.42. The van der Waals surface area contributed by atoms with E-state index in [0.29, 0.717) is 24.0 Å². The highest BCUT2D eigenvalue weighted by Gasteiger charge is 2.35. The molecule has 0 aromatic carbocycles. The second-order valence-electron chi connectivity index (χ2n) is 9.26. The minimum Gasteiger partial charge on any atom is -0.357 e. The molecule has 3 aromatic rings. The minimum absolute atomic E-state index is 0.0456. The van der Waals surface area contributed by atoms with Gasteiger partial charge in [0.25, 0.3) is 5.91 Å². The van der Waals surface area contributed by atoms with E-state index in [1.807, 2.05) is 31.3 Å². The van der Waals surface area contributed by atoms with E-state index in [-0.39, 0.29) is 11.4 Å². The summed E-state index contributed by atoms with van der Waals surface area (Å²) in [6.07, 6.45) is 3.75. The van der Waals surface area contributed by atoms with Gasteiger partial charge in [-0.2, -0.15) is 0 Å². The van der Waals surface area contributed by atoms with Crippen molar-refractivity contribution in [2.45, 2.75) is 58.7 Å². The van der Waals surface area contributed by atoms with Crippen LogP contribution in [0.2, 0.25) is 0 Å². The summed E-state index contributed by atoms with van der Waals surface area (Å²) in [5.41, 5.74) is 2.29. The van der Waals surface area contributed by atoms with Crippen LogP contribution in [0.15, 0.2) is 30.5 Å². The Balaban J connectivity index is 1.48. The van der Waals surface area contributed by atoms with E-state index >= 15 is 0 Å². The van der Waals surface area contributed by atoms with Crippen molar-refractivity contribution in [2.24, 2.45) is 0 Å². The molecule has 160 valence electrons. The van der Waals surface area contributed by atoms with E-state index in [1.165, 1.54) is 0 Å². The summed E-state index contributed by atoms with van der Waals surface area (Å²) in [5, 5.41) is 8.77. The van der Waals surface area contributed by atoms with Crippen LogP contribution < -0.4 is 9.80 Å². The lowest BCUT2D eigenvalue weighted by Gasteiger charge is -2.22. The number of anilines is 2. The Hall–Kier alpha value is -3.29. The smallest absolute Gasteiger partial charge is 0.260 e. The van der Waals surface area contributed by atoms with Gasteiger partial charge in [0.05, 0.1) is 12.1 Å². The molecule has 8 nitrogen and oxygen atoms in total. The van der Waals surface area contributed by atoms with Gasteiger partial charge in [-0.3, -0.25) is 9.69 Å². The molecule has 2 aliphatic heterocycles. The Morgan fingerprint density at radius 2 is 2.00 bits per heavy atom. The monoisotopic (exact) mass is 417 g/mol. The Morgan fingerprint density at radius 1 is 1.19 bits per heavy atom. The Bertz CT molecular complexity index is 1180. The molecule has 0 saturated carbocycles. The molecule has 31 heavy (non-hydrogen) atoms. The molecule has 0 fully saturated rings. The van der Waals surface area contributed by atoms with Crippen molar-refractivity contribution < 1.29 is 4.79 Å². The third-order valence-corrected chi connectivity index (χ3v) is 6.45. The molecule has 0 bridgehead atoms. The first-order valence-corrected chi connectivity index (χ1v) is 10.7. The van der Waals surface area contributed by atoms with Gasteiger partial charge in [-0.1, -0.05) is 6.07 Å². The van der Waals surface area contributed by atoms with Crippen molar-refractivity contribution in [1.29, 1.82) is 0 Å². The Kier molecular flexibility index (Phi) is 4.35. The van der Waals surface area contributed by atoms with Gasteiger partial charge in [0.15, 0.2) is 5.82 Å². The third-order valence-electron chi connectivity index (χ3n) is 6.45. The highest BCUT2D eigenvalue weighted by molar-refractivity contribution is 6.09. The molecule has 0 atom stereocenters. The fourth-order valence-corrected chi connectivity index (χ4v) is 4.34. The van der Waals surface area contributed by atoms with Gasteiger partial charge in [0, 0.05) is 36.8 Å². The third kappa shape index (κ3) is 3.08. The summed E-state index contributed by atoms with van der Waals surface area (Å²) < 4.78 is 2.18. The molecule has 8 heteroatoms. The van der Waals surface area contributed by atoms with Gasteiger partial charge in [0.1, 0.15) is 23.2 Å². The van der Waals surface area contributed by atoms with E-state index in [9.17, 15) is 4.79 Å². The number of carbonyl (C=O) groups excluding carboxylic acids is 1. The summed E-state index contributed by atoms with van der Waals surface area (Å²) in [7, 11) is 1.99. The van der Waals surface area contributed by atoms with E-state index in [0.717, 1.165) is 41.6 Å². The normalized spacial score (nSPS) is 16.7. The van der Waals surface area contributed by atoms with Gasteiger partial charge in [0.2, 0.25) is 0 Å². The van der Waals surface area contributed by atoms with Crippen molar-refractivity contribution in [2.75, 3.05) is 16.8 Å². The van der Waals surface area contributed by atoms with Gasteiger partial charge >= 0.3 is 0 Å². The Morgan fingerprint density at radius 3 is 2.77 bits per heavy atom. The quantitative estimate of drug-likeness (QED) is 0.647. The van der Waals surface area contributed by atoms with Gasteiger partial charge in [-0.05, 0) is 52.3 Å². The first kappa shape index (κ1) is 19.7. The summed E-state index contributed by atoms with van der Waals surface area (Å²) >= 11 is 0. The van der Waals surface area contributed by atoms with Crippen LogP contribution in [0.3, 0.4) is 0 Å². The van der Waals surface area contributed by atoms with Gasteiger partial charge in [-0.25, -0.2) is 9.97 Å². The number of carbonyl (C=O) groups is 1. The predicted molar refractivity (Wildman–Crippen MR) is 119 cm³/mol. The molecule has 0 saturated heterocycles. The van der Waals surface area contributed by atoms with Gasteiger partial charge < -0.3 is 9.47 Å². The zero-order valence-electron chi connectivity index (χ0n) is 18.6. The highest BCUT2D eigenvalue weighted by atomic mass is 16.2. The molecular weight excluding hydrogens is 390 g/mol. The fraction of sp³-hybridized carbons (Fsp3) is 0.435. The second kappa shape index (κ2) is 6.87. The summed E-state index contributed by atoms with van der Waals surface area (Å²) in [6, 6.07) is 7.91. The van der Waals surface area contributed by atoms with E-state index in [1.54, 1.807) is 11.1 Å². The van der Waals surface area contributed by atoms with E-state index < -0.39 is 0 Å². The number of nitrogens with zero attached hydrogens (tertiary/aromatic N) is 7. The fourth-order valence-electron chi connectivity index (χ4n) is 4.34. The molecule has 1 amide bonds. The van der Waals surface area contributed by atoms with Crippen LogP contribution in [0.5, 0.6) is 0 Å². The lowest BCUT2D eigenvalue weighted by Crippen LogP contribution is -2.27. The Labute approximate surface area is 181 Å². The topological polar surface area (TPSA) is 80.0 Å². The number of rotatable bonds is 4. The molecule has 0 unspecified atom stereocenters. The molecule has 5 heterocycles. The molecule has 0 N–H and O–H groups in total. The van der Waals surface area contributed by atoms with Crippen molar-refractivity contribution in [3.8, 4) is 11.5 Å². The van der Waals surface area contributed by atoms with Crippen LogP contribution in [0.4, 0.5) is 11.6 Å². The minimum atomic E-state index is -0.0488. The molecular formula is C23H27N7O. The molecule has 3 aromatic heterocycles. The van der Waals surface area contributed by atoms with Crippen LogP contribution in [0, 0.1) is 0 Å². The summed E-state index contributed by atoms with van der Waals surface area (Å²) in [4.78, 5) is 26.4. The van der Waals surface area contributed by atoms with E-state index in [2.05, 4.69) is 52.3 Å². The van der Waals surface area contributed by atoms with Crippen LogP contribution in [-0.2, 0) is 18.5 Å². The molecule has 0 spiro atoms. The number of aromatic nitrogens is 5. The maximum atomic E-state index is 13.2. The number of aryl methyl sites for hydroxylation is 1. The summed E-state index contributed by atoms with van der Waals surface area (Å²) in [6.45, 7) is 9.05. The first-order chi connectivity index (χ1) is 14.8. The van der Waals surface area contributed by atoms with Crippen molar-refractivity contribution in [1.82, 2.24) is 24.7 Å². The largest absolute Gasteiger partial charge is 0.357 e. The maximum Gasteiger partial charge on any atom is 0.260 e. The SMILES string of the molecule is CC(C)N(C)c1cc2c(cn1)CN(c1cccc(-c3nnc4n3C(C)(C)CC4)n1)C2=O. The standard InChI is InChI=1S/C23H27N7O/c1-14(2)28(5)20-11-16-15(12-24-20)13-29(22(16)31)18-8-6-7-17(25-18)21-27-26-19-9-10-23(3,4)30(19)21/h6-8,11-12,14H,9-10,13H2,1-5H3. The lowest BCUT2D eigenvalue weighted by atomic mass is 10.0. The number of pyridine rings is 2. The number of hydrogen-bond acceptors (Lipinski definition) is 6. The lowest BCUT2D eigenvalue weighted by molar-refractivity contribution is 0.0996. The highest BCUT2D eigenvalue weighted by Crippen LogP contribution is 2.36. The average Bonchev–Trinajstić information content (AvgIpc) is 3.41. The maximum absolute atomic E-state index is 13.2. The number of amides is 1. The van der Waals surface area contributed by atoms with Crippen LogP contribution in [0.25, 0.3) is 11.5 Å². The van der Waals surface area contributed by atoms with Gasteiger partial charge in [-0.15, -0.1) is 10.2 Å². The zero-order chi connectivity index (χ0) is 21.9. The van der Waals surface area contributed by atoms with Crippen molar-refractivity contribution in [3.05, 3.63) is 47.4 Å². The molecule has 0 radical (unpaired) electrons. The number of hydrogen-bond donors (Lipinski definition) is 0. The molecule has 5 rings (SSSR count). The van der Waals surface area contributed by atoms with Crippen LogP contribution in [-0.4, -0.2) is 43.7 Å². The average molecular weight is 418 g/mol. The molecule has 0 aliphatic carbocycles. The van der Waals surface area contributed by atoms with Crippen molar-refractivity contribution >= 4 is 17.5 Å². The summed E-state index contributed by atoms with van der Waals surface area (Å²) in [5.74, 6) is 3.11. The second-order valence-corrected chi connectivity index (χ2v) is 9.26. The number of fused-ring (bicyclic) bond motifs is 2. The van der Waals surface area contributed by atoms with Crippen LogP contribution >= 0.6 is 0 Å². The zero-order valence-corrected chi connectivity index (χ0v) is 18.6. The van der Waals surface area contributed by atoms with Crippen LogP contribution in [0.1, 0.15) is 55.9 Å².